The molecule has 0 amide bonds. The van der Waals surface area contributed by atoms with Crippen LogP contribution < -0.4 is 0 Å². The number of hydrogen-bond acceptors (Lipinski definition) is 0. The molecule has 48 atom stereocenters. The van der Waals surface area contributed by atoms with E-state index in [-0.39, 0.29) is 55.9 Å². The van der Waals surface area contributed by atoms with Gasteiger partial charge in [0.25, 0.3) is 0 Å². The first-order valence-electron chi connectivity index (χ1n) is 20.9. The van der Waals surface area contributed by atoms with Crippen LogP contribution >= 0.6 is 734 Å². The second-order valence-corrected chi connectivity index (χ2v) is 395. The van der Waals surface area contributed by atoms with Crippen LogP contribution in [0.2, 0.25) is 0 Å². The largest absolute Gasteiger partial charge is 0.553 e. The predicted molar refractivity (Wildman–Crippen MR) is 765 cm³/mol. The van der Waals surface area contributed by atoms with Gasteiger partial charge in [0.15, 0.2) is 0 Å². The maximum absolute atomic E-state index is 4.84. The van der Waals surface area contributed by atoms with Gasteiger partial charge in [0.1, 0.15) is 0 Å². The third-order valence-electron chi connectivity index (χ3n) is 8.13. The van der Waals surface area contributed by atoms with E-state index in [1.54, 1.807) is 0 Å². The lowest BCUT2D eigenvalue weighted by Gasteiger charge is -2.64. The average Bonchev–Trinajstić information content (AvgIpc) is 3.33. The molecule has 0 aromatic carbocycles. The Morgan fingerprint density at radius 1 is 0.0978 bits per heavy atom. The van der Waals surface area contributed by atoms with Crippen LogP contribution in [0, 0.1) is 0 Å². The smallest absolute Gasteiger partial charge is 0.00000383 e. The molecular formula is H92P92-2. The molecule has 0 radical (unpaired) electrons. The fourth-order valence-corrected chi connectivity index (χ4v) is 1360. The van der Waals surface area contributed by atoms with Crippen molar-refractivity contribution >= 4 is 734 Å². The zero-order valence-electron chi connectivity index (χ0n) is 47.1. The third kappa shape index (κ3) is 46.1. The summed E-state index contributed by atoms with van der Waals surface area (Å²) < 4.78 is 0. The van der Waals surface area contributed by atoms with E-state index < -0.39 is 259 Å². The van der Waals surface area contributed by atoms with Crippen molar-refractivity contribution in [3.8, 4) is 0 Å². The molecule has 0 aliphatic carbocycles. The van der Waals surface area contributed by atoms with E-state index in [2.05, 4.69) is 402 Å². The minimum atomic E-state index is -0.618. The number of hydrogen-bond donors (Lipinski definition) is 0. The Balaban J connectivity index is 14.0. The maximum atomic E-state index is 4.84. The Morgan fingerprint density at radius 2 is 0.163 bits per heavy atom. The first-order chi connectivity index (χ1) is 41.8. The standard InChI is InChI=1S/H92P92/c1-48(2)71(47)83(72(49(3)4)50(5)6)89(84(73(51(7)8)52(9)10)74(53(11)12)54(13)14)92(90(85(75(55(15)16)56(17)18)76(57(19)20)58(21)22)86(77(59(23)24)60(25)26)78(61(27)28)62(29)30)91(87(79(63(31)32)64(33)34)80(65(35)36)66(37)38)88(81(67(39)40)68(41)42)82(69(43)44)70(45)46/h1-2H,3-47H2/q-2. The van der Waals surface area contributed by atoms with Crippen LogP contribution in [0.25, 0.3) is 0 Å². The minimum absolute atomic E-state index is 0.390. The summed E-state index contributed by atoms with van der Waals surface area (Å²) in [4.78, 5) is 0. The van der Waals surface area contributed by atoms with Crippen molar-refractivity contribution in [2.24, 2.45) is 0 Å². The quantitative estimate of drug-likeness (QED) is 0.0534. The van der Waals surface area contributed by atoms with Crippen molar-refractivity contribution in [1.29, 1.82) is 0 Å². The summed E-state index contributed by atoms with van der Waals surface area (Å²) in [7, 11) is 179. The van der Waals surface area contributed by atoms with Gasteiger partial charge in [-0.2, -0.15) is 0 Å². The minimum Gasteiger partial charge on any atom is -0.553 e. The molecule has 92 heavy (non-hydrogen) atoms. The predicted octanol–water partition coefficient (Wildman–Crippen LogP) is 54.6. The Hall–Kier alpha value is 39.6. The van der Waals surface area contributed by atoms with Gasteiger partial charge in [-0.3, -0.25) is 0 Å². The molecule has 0 bridgehead atoms. The lowest BCUT2D eigenvalue weighted by Crippen LogP contribution is -1.76. The van der Waals surface area contributed by atoms with Crippen LogP contribution in [0.3, 0.4) is 0 Å². The molecule has 0 rings (SSSR count). The van der Waals surface area contributed by atoms with E-state index in [1.807, 2.05) is 0 Å². The van der Waals surface area contributed by atoms with Gasteiger partial charge in [0.05, 0.1) is 0 Å². The normalized spacial score (nSPS) is 15.6. The number of rotatable bonds is 44. The lowest BCUT2D eigenvalue weighted by atomic mass is 28.3. The van der Waals surface area contributed by atoms with E-state index in [0.29, 0.717) is 0 Å². The highest BCUT2D eigenvalue weighted by Crippen LogP contribution is 3.54. The summed E-state index contributed by atoms with van der Waals surface area (Å²) in [5, 5.41) is 0. The van der Waals surface area contributed by atoms with Crippen molar-refractivity contribution in [3.63, 3.8) is 0 Å². The van der Waals surface area contributed by atoms with Gasteiger partial charge in [-0.1, -0.05) is 6.99 Å². The maximum Gasteiger partial charge on any atom is -0.00000383 e. The molecule has 0 heterocycles. The molecule has 0 saturated heterocycles. The molecule has 0 aliphatic rings. The average molecular weight is 2940 g/mol. The van der Waals surface area contributed by atoms with Gasteiger partial charge < -0.3 is 24.8 Å². The van der Waals surface area contributed by atoms with Crippen LogP contribution in [0.4, 0.5) is 0 Å². The van der Waals surface area contributed by atoms with Gasteiger partial charge in [0, 0.05) is 0 Å². The van der Waals surface area contributed by atoms with E-state index in [1.165, 1.54) is 0 Å². The fourth-order valence-electron chi connectivity index (χ4n) is 5.59. The summed E-state index contributed by atoms with van der Waals surface area (Å²) in [5.41, 5.74) is 0. The SMILES string of the molecule is [PH-]P([PH-])P(P)P(P(P(P)P)P(P)P)P(P(P(P(P)P)P(P)P)P(P(P)P)P(P)P)P(P(P(P(P(P)P)P(P)P)P(P(P)P)P(P)P)P(P(P(P)P)P(P)P)P(P(P)P)P(P)P)P(P(P(P(P)P)P(P)P)P(P(P)P)P(P)P)P(P(P(P)P)P(P)P)P(P(P)P)P(P)P. The second-order valence-electron chi connectivity index (χ2n) is 14.6. The Morgan fingerprint density at radius 3 is 0.239 bits per heavy atom. The van der Waals surface area contributed by atoms with Gasteiger partial charge in [0.2, 0.25) is 0 Å². The second kappa shape index (κ2) is 71.9. The van der Waals surface area contributed by atoms with E-state index in [9.17, 15) is 0 Å². The molecule has 92 heteroatoms. The molecule has 0 fully saturated rings. The molecule has 0 aliphatic heterocycles. The van der Waals surface area contributed by atoms with Gasteiger partial charge in [-0.15, -0.1) is 402 Å². The molecule has 0 aromatic rings. The monoisotopic (exact) mass is 2940 g/mol. The Bertz CT molecular complexity index is 1500. The van der Waals surface area contributed by atoms with Gasteiger partial charge in [-0.05, 0) is 300 Å². The van der Waals surface area contributed by atoms with E-state index in [0.717, 1.165) is 0 Å². The van der Waals surface area contributed by atoms with Crippen molar-refractivity contribution in [1.82, 2.24) is 0 Å². The zero-order valence-corrected chi connectivity index (χ0v) is 141. The van der Waals surface area contributed by atoms with Crippen LogP contribution in [0.1, 0.15) is 0 Å². The zero-order chi connectivity index (χ0) is 73.0. The summed E-state index contributed by atoms with van der Waals surface area (Å²) in [6.45, 7) is -19.7. The molecule has 48 unspecified atom stereocenters. The van der Waals surface area contributed by atoms with Gasteiger partial charge in [-0.25, -0.2) is 0 Å². The van der Waals surface area contributed by atoms with Crippen LogP contribution in [-0.4, -0.2) is 0 Å². The molecule has 0 N–H and O–H groups in total. The summed E-state index contributed by atoms with van der Waals surface area (Å²) in [5.74, 6) is 0. The Labute approximate surface area is 722 Å². The molecule has 554 valence electrons. The summed E-state index contributed by atoms with van der Waals surface area (Å²) in [6.07, 6.45) is 0. The van der Waals surface area contributed by atoms with E-state index >= 15 is 0 Å². The molecule has 0 saturated carbocycles. The Kier molecular flexibility index (Phi) is 103. The molecular weight excluding hydrogens is 2850 g/mol. The van der Waals surface area contributed by atoms with Crippen LogP contribution in [0.15, 0.2) is 0 Å². The first-order valence-corrected chi connectivity index (χ1v) is 188. The highest BCUT2D eigenvalue weighted by atomic mass is 33.6. The lowest BCUT2D eigenvalue weighted by molar-refractivity contribution is 4.30. The van der Waals surface area contributed by atoms with Crippen molar-refractivity contribution in [2.45, 2.75) is 0 Å². The molecule has 0 spiro atoms. The third-order valence-corrected chi connectivity index (χ3v) is 659. The summed E-state index contributed by atoms with van der Waals surface area (Å²) in [6, 6.07) is 0. The van der Waals surface area contributed by atoms with Crippen molar-refractivity contribution < 1.29 is 0 Å². The first kappa shape index (κ1) is 132. The highest BCUT2D eigenvalue weighted by Gasteiger charge is 2.66. The fraction of sp³-hybridized carbons (Fsp3) is 0. The van der Waals surface area contributed by atoms with Gasteiger partial charge >= 0.3 is 0 Å². The van der Waals surface area contributed by atoms with Crippen molar-refractivity contribution in [2.75, 3.05) is 0 Å². The van der Waals surface area contributed by atoms with Crippen molar-refractivity contribution in [3.05, 3.63) is 0 Å². The van der Waals surface area contributed by atoms with Crippen LogP contribution in [0.5, 0.6) is 0 Å². The van der Waals surface area contributed by atoms with Crippen LogP contribution in [-0.2, 0) is 0 Å². The highest BCUT2D eigenvalue weighted by molar-refractivity contribution is 9.59. The summed E-state index contributed by atoms with van der Waals surface area (Å²) >= 11 is 0. The van der Waals surface area contributed by atoms with E-state index in [4.69, 9.17) is 17.9 Å². The topological polar surface area (TPSA) is 0 Å². The molecule has 0 aromatic heterocycles. The molecule has 0 nitrogen and oxygen atoms in total.